The minimum Gasteiger partial charge on any atom is -0.360 e. The molecule has 0 saturated carbocycles. The molecular weight excluding hydrogens is 218 g/mol. The highest BCUT2D eigenvalue weighted by Gasteiger charge is 2.37. The monoisotopic (exact) mass is 243 g/mol. The van der Waals surface area contributed by atoms with E-state index in [9.17, 15) is 0 Å². The highest BCUT2D eigenvalue weighted by molar-refractivity contribution is 7.99. The van der Waals surface area contributed by atoms with Crippen molar-refractivity contribution in [1.29, 1.82) is 0 Å². The predicted molar refractivity (Wildman–Crippen MR) is 70.8 cm³/mol. The molecule has 2 unspecified atom stereocenters. The molecule has 2 atom stereocenters. The molecule has 0 bridgehead atoms. The van der Waals surface area contributed by atoms with E-state index >= 15 is 0 Å². The van der Waals surface area contributed by atoms with Gasteiger partial charge >= 0.3 is 0 Å². The van der Waals surface area contributed by atoms with E-state index in [1.54, 1.807) is 0 Å². The quantitative estimate of drug-likeness (QED) is 0.806. The second-order valence-electron chi connectivity index (χ2n) is 6.32. The molecule has 2 nitrogen and oxygen atoms in total. The lowest BCUT2D eigenvalue weighted by atomic mass is 9.88. The summed E-state index contributed by atoms with van der Waals surface area (Å²) in [6.07, 6.45) is 3.95. The Balaban J connectivity index is 1.84. The second kappa shape index (κ2) is 4.87. The van der Waals surface area contributed by atoms with Gasteiger partial charge in [0.15, 0.2) is 0 Å². The van der Waals surface area contributed by atoms with E-state index in [1.165, 1.54) is 30.8 Å². The van der Waals surface area contributed by atoms with Crippen LogP contribution in [0.3, 0.4) is 0 Å². The van der Waals surface area contributed by atoms with Crippen LogP contribution in [0.15, 0.2) is 0 Å². The zero-order valence-corrected chi connectivity index (χ0v) is 11.7. The highest BCUT2D eigenvalue weighted by Crippen LogP contribution is 2.33. The van der Waals surface area contributed by atoms with Gasteiger partial charge in [0.05, 0.1) is 6.61 Å². The maximum atomic E-state index is 6.06. The normalized spacial score (nSPS) is 39.6. The Kier molecular flexibility index (Phi) is 3.87. The average molecular weight is 243 g/mol. The Hall–Kier alpha value is 0.270. The molecule has 0 aromatic carbocycles. The lowest BCUT2D eigenvalue weighted by Gasteiger charge is -2.44. The molecule has 0 spiro atoms. The summed E-state index contributed by atoms with van der Waals surface area (Å²) in [4.78, 5) is 0. The fourth-order valence-electron chi connectivity index (χ4n) is 2.53. The summed E-state index contributed by atoms with van der Waals surface area (Å²) in [7, 11) is 0. The Bertz CT molecular complexity index is 226. The van der Waals surface area contributed by atoms with E-state index in [0.717, 1.165) is 19.1 Å². The van der Waals surface area contributed by atoms with Gasteiger partial charge in [-0.25, -0.2) is 0 Å². The van der Waals surface area contributed by atoms with Gasteiger partial charge in [0, 0.05) is 12.0 Å². The number of hydrogen-bond donors (Lipinski definition) is 1. The van der Waals surface area contributed by atoms with Crippen molar-refractivity contribution in [2.45, 2.75) is 45.8 Å². The van der Waals surface area contributed by atoms with Crippen molar-refractivity contribution >= 4 is 11.8 Å². The van der Waals surface area contributed by atoms with Crippen molar-refractivity contribution < 1.29 is 4.74 Å². The Morgan fingerprint density at radius 3 is 2.75 bits per heavy atom. The van der Waals surface area contributed by atoms with Crippen molar-refractivity contribution in [3.8, 4) is 0 Å². The van der Waals surface area contributed by atoms with Gasteiger partial charge in [0.25, 0.3) is 0 Å². The molecule has 2 aliphatic heterocycles. The molecule has 2 saturated heterocycles. The van der Waals surface area contributed by atoms with E-state index in [4.69, 9.17) is 4.74 Å². The molecule has 0 aliphatic carbocycles. The summed E-state index contributed by atoms with van der Waals surface area (Å²) in [6, 6.07) is 0. The number of rotatable bonds is 2. The molecule has 2 heterocycles. The fourth-order valence-corrected chi connectivity index (χ4v) is 3.69. The maximum Gasteiger partial charge on any atom is 0.116 e. The van der Waals surface area contributed by atoms with E-state index in [1.807, 2.05) is 0 Å². The summed E-state index contributed by atoms with van der Waals surface area (Å²) in [6.45, 7) is 8.70. The summed E-state index contributed by atoms with van der Waals surface area (Å²) in [5, 5.41) is 3.60. The van der Waals surface area contributed by atoms with Gasteiger partial charge in [-0.05, 0) is 43.6 Å². The van der Waals surface area contributed by atoms with Crippen LogP contribution in [-0.2, 0) is 4.74 Å². The summed E-state index contributed by atoms with van der Waals surface area (Å²) < 4.78 is 6.06. The van der Waals surface area contributed by atoms with Crippen molar-refractivity contribution in [2.75, 3.05) is 24.7 Å². The molecular formula is C13H25NOS. The lowest BCUT2D eigenvalue weighted by Crippen LogP contribution is -2.56. The molecule has 0 aromatic rings. The zero-order chi connectivity index (χ0) is 11.6. The van der Waals surface area contributed by atoms with E-state index < -0.39 is 0 Å². The Morgan fingerprint density at radius 2 is 2.19 bits per heavy atom. The van der Waals surface area contributed by atoms with Gasteiger partial charge in [0.2, 0.25) is 0 Å². The molecule has 0 amide bonds. The van der Waals surface area contributed by atoms with Gasteiger partial charge in [-0.2, -0.15) is 11.8 Å². The molecule has 2 aliphatic rings. The van der Waals surface area contributed by atoms with Gasteiger partial charge < -0.3 is 4.74 Å². The van der Waals surface area contributed by atoms with Crippen LogP contribution in [0.5, 0.6) is 0 Å². The molecule has 2 fully saturated rings. The minimum absolute atomic E-state index is 0.0713. The van der Waals surface area contributed by atoms with Crippen LogP contribution in [-0.4, -0.2) is 30.4 Å². The zero-order valence-electron chi connectivity index (χ0n) is 10.8. The number of nitrogens with one attached hydrogen (secondary N) is 1. The molecule has 94 valence electrons. The van der Waals surface area contributed by atoms with Crippen LogP contribution in [0.2, 0.25) is 0 Å². The first kappa shape index (κ1) is 12.7. The second-order valence-corrected chi connectivity index (χ2v) is 7.47. The first-order valence-corrected chi connectivity index (χ1v) is 7.61. The van der Waals surface area contributed by atoms with Gasteiger partial charge in [-0.1, -0.05) is 13.8 Å². The third-order valence-corrected chi connectivity index (χ3v) is 4.94. The molecule has 16 heavy (non-hydrogen) atoms. The van der Waals surface area contributed by atoms with Gasteiger partial charge in [0.1, 0.15) is 5.72 Å². The van der Waals surface area contributed by atoms with Gasteiger partial charge in [-0.15, -0.1) is 0 Å². The van der Waals surface area contributed by atoms with Crippen molar-refractivity contribution in [3.63, 3.8) is 0 Å². The van der Waals surface area contributed by atoms with Crippen LogP contribution < -0.4 is 5.32 Å². The topological polar surface area (TPSA) is 21.3 Å². The molecule has 0 radical (unpaired) electrons. The first-order valence-electron chi connectivity index (χ1n) is 6.46. The fraction of sp³-hybridized carbons (Fsp3) is 1.00. The average Bonchev–Trinajstić information content (AvgIpc) is 2.25. The van der Waals surface area contributed by atoms with Crippen molar-refractivity contribution in [2.24, 2.45) is 11.3 Å². The third-order valence-electron chi connectivity index (χ3n) is 3.66. The van der Waals surface area contributed by atoms with Crippen LogP contribution in [0.25, 0.3) is 0 Å². The maximum absolute atomic E-state index is 6.06. The smallest absolute Gasteiger partial charge is 0.116 e. The molecule has 3 heteroatoms. The third kappa shape index (κ3) is 3.38. The lowest BCUT2D eigenvalue weighted by molar-refractivity contribution is -0.136. The Morgan fingerprint density at radius 1 is 1.38 bits per heavy atom. The van der Waals surface area contributed by atoms with E-state index in [0.29, 0.717) is 5.41 Å². The molecule has 0 aromatic heterocycles. The number of ether oxygens (including phenoxy) is 1. The summed E-state index contributed by atoms with van der Waals surface area (Å²) in [5.74, 6) is 3.52. The first-order chi connectivity index (χ1) is 7.49. The van der Waals surface area contributed by atoms with E-state index in [2.05, 4.69) is 37.8 Å². The summed E-state index contributed by atoms with van der Waals surface area (Å²) in [5.41, 5.74) is 0.221. The molecule has 2 rings (SSSR count). The predicted octanol–water partition coefficient (Wildman–Crippen LogP) is 2.88. The van der Waals surface area contributed by atoms with Gasteiger partial charge in [-0.3, -0.25) is 5.32 Å². The highest BCUT2D eigenvalue weighted by atomic mass is 32.2. The SMILES string of the molecule is CC1(C)CNC(C)(CC2CCCSC2)OC1. The van der Waals surface area contributed by atoms with Crippen LogP contribution in [0, 0.1) is 11.3 Å². The van der Waals surface area contributed by atoms with Crippen LogP contribution in [0.1, 0.15) is 40.0 Å². The van der Waals surface area contributed by atoms with E-state index in [-0.39, 0.29) is 5.72 Å². The van der Waals surface area contributed by atoms with Crippen molar-refractivity contribution in [1.82, 2.24) is 5.32 Å². The largest absolute Gasteiger partial charge is 0.360 e. The Labute approximate surface area is 104 Å². The number of hydrogen-bond acceptors (Lipinski definition) is 3. The van der Waals surface area contributed by atoms with Crippen molar-refractivity contribution in [3.05, 3.63) is 0 Å². The van der Waals surface area contributed by atoms with Crippen LogP contribution in [0.4, 0.5) is 0 Å². The standard InChI is InChI=1S/C13H25NOS/c1-12(2)9-14-13(3,15-10-12)7-11-5-4-6-16-8-11/h11,14H,4-10H2,1-3H3. The number of thioether (sulfide) groups is 1. The molecule has 1 N–H and O–H groups in total. The summed E-state index contributed by atoms with van der Waals surface area (Å²) >= 11 is 2.11. The van der Waals surface area contributed by atoms with Crippen LogP contribution >= 0.6 is 11.8 Å². The minimum atomic E-state index is -0.0713.